The third-order valence-corrected chi connectivity index (χ3v) is 14.5. The maximum absolute atomic E-state index is 14.4. The van der Waals surface area contributed by atoms with Crippen molar-refractivity contribution in [1.82, 2.24) is 30.7 Å². The predicted molar refractivity (Wildman–Crippen MR) is 273 cm³/mol. The van der Waals surface area contributed by atoms with Crippen molar-refractivity contribution < 1.29 is 52.9 Å². The number of hydrogen-bond donors (Lipinski definition) is 5. The zero-order chi connectivity index (χ0) is 53.7. The van der Waals surface area contributed by atoms with Gasteiger partial charge in [0.1, 0.15) is 28.4 Å². The second kappa shape index (κ2) is 26.3. The number of rotatable bonds is 25. The van der Waals surface area contributed by atoms with E-state index < -0.39 is 89.0 Å². The second-order valence-electron chi connectivity index (χ2n) is 21.2. The normalized spacial score (nSPS) is 18.5. The molecule has 0 spiro atoms. The summed E-state index contributed by atoms with van der Waals surface area (Å²) in [6.07, 6.45) is 1.34. The van der Waals surface area contributed by atoms with Crippen molar-refractivity contribution in [2.75, 3.05) is 26.0 Å². The molecular weight excluding hydrogens is 931 g/mol. The SMILES string of the molecule is CC[C@H](C)[C@H](CC(=O)[C@@]1(C)CCCN1C)C(=O)N(C)[C@H](C[C@@H](OC(C)=O)c1nc(C(=O)N[C@@H](Cc2ccc(NC(=O)[C@H](C)NC(=O)[C@@H](NC(=O)OC(C)(C)C)C(C)C)cc2)C[C@H](C)C(=O)O)cs1)C(C)C. The van der Waals surface area contributed by atoms with E-state index in [2.05, 4.69) is 31.2 Å². The van der Waals surface area contributed by atoms with Gasteiger partial charge in [0.15, 0.2) is 11.9 Å². The summed E-state index contributed by atoms with van der Waals surface area (Å²) >= 11 is 1.13. The maximum atomic E-state index is 14.4. The van der Waals surface area contributed by atoms with Crippen LogP contribution in [-0.4, -0.2) is 123 Å². The molecule has 1 aromatic heterocycles. The number of carbonyl (C=O) groups excluding carboxylic acids is 7. The molecule has 3 rings (SSSR count). The van der Waals surface area contributed by atoms with Crippen LogP contribution < -0.4 is 21.3 Å². The van der Waals surface area contributed by atoms with Crippen LogP contribution in [0.25, 0.3) is 0 Å². The topological polar surface area (TPSA) is 243 Å². The van der Waals surface area contributed by atoms with Crippen LogP contribution in [0.2, 0.25) is 0 Å². The molecule has 1 aromatic carbocycles. The van der Waals surface area contributed by atoms with Crippen LogP contribution in [0, 0.1) is 29.6 Å². The number of ether oxygens (including phenoxy) is 2. The van der Waals surface area contributed by atoms with E-state index in [1.807, 2.05) is 41.7 Å². The van der Waals surface area contributed by atoms with E-state index in [0.717, 1.165) is 36.3 Å². The first-order valence-electron chi connectivity index (χ1n) is 24.8. The molecule has 396 valence electrons. The smallest absolute Gasteiger partial charge is 0.408 e. The molecule has 0 bridgehead atoms. The van der Waals surface area contributed by atoms with E-state index in [9.17, 15) is 43.5 Å². The van der Waals surface area contributed by atoms with Gasteiger partial charge in [0.05, 0.1) is 11.5 Å². The Labute approximate surface area is 424 Å². The average Bonchev–Trinajstić information content (AvgIpc) is 3.91. The zero-order valence-electron chi connectivity index (χ0n) is 44.6. The molecule has 18 nitrogen and oxygen atoms in total. The maximum Gasteiger partial charge on any atom is 0.408 e. The van der Waals surface area contributed by atoms with E-state index in [4.69, 9.17) is 9.47 Å². The largest absolute Gasteiger partial charge is 0.481 e. The first-order valence-corrected chi connectivity index (χ1v) is 25.7. The second-order valence-corrected chi connectivity index (χ2v) is 22.1. The number of nitrogens with one attached hydrogen (secondary N) is 4. The summed E-state index contributed by atoms with van der Waals surface area (Å²) in [6, 6.07) is 3.76. The lowest BCUT2D eigenvalue weighted by Gasteiger charge is -2.38. The van der Waals surface area contributed by atoms with Gasteiger partial charge in [0.25, 0.3) is 5.91 Å². The summed E-state index contributed by atoms with van der Waals surface area (Å²) in [5.41, 5.74) is -0.190. The molecule has 0 aliphatic carbocycles. The van der Waals surface area contributed by atoms with Crippen molar-refractivity contribution in [2.45, 2.75) is 176 Å². The molecule has 1 aliphatic heterocycles. The number of likely N-dealkylation sites (N-methyl/N-ethyl adjacent to an activating group) is 1. The fourth-order valence-corrected chi connectivity index (χ4v) is 9.56. The number of nitrogens with zero attached hydrogens (tertiary/aromatic N) is 3. The van der Waals surface area contributed by atoms with E-state index >= 15 is 0 Å². The molecule has 5 N–H and O–H groups in total. The lowest BCUT2D eigenvalue weighted by Crippen LogP contribution is -2.54. The highest BCUT2D eigenvalue weighted by atomic mass is 32.1. The van der Waals surface area contributed by atoms with Crippen molar-refractivity contribution >= 4 is 64.5 Å². The van der Waals surface area contributed by atoms with Gasteiger partial charge in [-0.2, -0.15) is 0 Å². The molecule has 1 fully saturated rings. The Morgan fingerprint density at radius 1 is 0.915 bits per heavy atom. The highest BCUT2D eigenvalue weighted by Crippen LogP contribution is 2.35. The quantitative estimate of drug-likeness (QED) is 0.0621. The monoisotopic (exact) mass is 1010 g/mol. The van der Waals surface area contributed by atoms with Crippen molar-refractivity contribution in [1.29, 1.82) is 0 Å². The summed E-state index contributed by atoms with van der Waals surface area (Å²) in [5, 5.41) is 22.6. The number of carbonyl (C=O) groups is 8. The Morgan fingerprint density at radius 3 is 2.07 bits per heavy atom. The van der Waals surface area contributed by atoms with Gasteiger partial charge in [-0.3, -0.25) is 38.5 Å². The number of alkyl carbamates (subject to hydrolysis) is 1. The number of carboxylic acid groups (broad SMARTS) is 1. The Balaban J connectivity index is 1.76. The molecule has 2 heterocycles. The number of benzene rings is 1. The first-order chi connectivity index (χ1) is 33.0. The highest BCUT2D eigenvalue weighted by molar-refractivity contribution is 7.09. The number of anilines is 1. The van der Waals surface area contributed by atoms with Gasteiger partial charge >= 0.3 is 18.0 Å². The highest BCUT2D eigenvalue weighted by Gasteiger charge is 2.44. The van der Waals surface area contributed by atoms with Crippen LogP contribution in [0.1, 0.15) is 156 Å². The van der Waals surface area contributed by atoms with Crippen LogP contribution in [-0.2, 0) is 44.7 Å². The van der Waals surface area contributed by atoms with Crippen molar-refractivity contribution in [2.24, 2.45) is 29.6 Å². The van der Waals surface area contributed by atoms with Gasteiger partial charge < -0.3 is 40.7 Å². The fourth-order valence-electron chi connectivity index (χ4n) is 8.73. The first kappa shape index (κ1) is 59.9. The number of carboxylic acids is 1. The molecule has 2 aromatic rings. The Bertz CT molecular complexity index is 2170. The molecule has 9 atom stereocenters. The van der Waals surface area contributed by atoms with Gasteiger partial charge in [0, 0.05) is 55.9 Å². The number of likely N-dealkylation sites (tertiary alicyclic amines) is 1. The summed E-state index contributed by atoms with van der Waals surface area (Å²) < 4.78 is 11.1. The number of hydrogen-bond acceptors (Lipinski definition) is 13. The summed E-state index contributed by atoms with van der Waals surface area (Å²) in [5.74, 6) is -5.14. The molecule has 5 amide bonds. The minimum atomic E-state index is -1.04. The van der Waals surface area contributed by atoms with Crippen LogP contribution in [0.4, 0.5) is 10.5 Å². The molecular formula is C52H81N7O11S. The average molecular weight is 1010 g/mol. The van der Waals surface area contributed by atoms with Crippen LogP contribution in [0.5, 0.6) is 0 Å². The van der Waals surface area contributed by atoms with Gasteiger partial charge in [-0.05, 0) is 109 Å². The zero-order valence-corrected chi connectivity index (χ0v) is 45.4. The third-order valence-electron chi connectivity index (χ3n) is 13.5. The van der Waals surface area contributed by atoms with Crippen molar-refractivity contribution in [3.8, 4) is 0 Å². The Kier molecular flexibility index (Phi) is 22.2. The predicted octanol–water partition coefficient (Wildman–Crippen LogP) is 7.17. The number of esters is 1. The number of Topliss-reactive ketones (excluding diaryl/α,β-unsaturated/α-hetero) is 1. The third kappa shape index (κ3) is 17.7. The van der Waals surface area contributed by atoms with Crippen molar-refractivity contribution in [3.63, 3.8) is 0 Å². The fraction of sp³-hybridized carbons (Fsp3) is 0.673. The van der Waals surface area contributed by atoms with Gasteiger partial charge in [0.2, 0.25) is 17.7 Å². The molecule has 19 heteroatoms. The summed E-state index contributed by atoms with van der Waals surface area (Å²) in [4.78, 5) is 114. The van der Waals surface area contributed by atoms with Crippen LogP contribution in [0.15, 0.2) is 29.6 Å². The molecule has 1 aliphatic rings. The Hall–Kier alpha value is -5.43. The standard InChI is InChI=1S/C52H81N7O11S/c1-16-31(6)38(26-42(61)52(13)22-17-23-58(52)14)48(65)59(15)40(29(2)3)27-41(69-34(9)60)47-56-39(28-71-47)45(63)55-37(24-32(7)49(66)67)25-35-18-20-36(21-19-35)54-44(62)33(8)53-46(64)43(30(4)5)57-50(68)70-51(10,11)12/h18-21,28-33,37-38,40-41,43H,16-17,22-27H2,1-15H3,(H,53,64)(H,54,62)(H,55,63)(H,57,68)(H,66,67)/t31-,32-,33-,37+,38-,40+,41+,43-,52+/m0/s1. The molecule has 0 radical (unpaired) electrons. The minimum absolute atomic E-state index is 0.0426. The minimum Gasteiger partial charge on any atom is -0.481 e. The molecule has 1 saturated heterocycles. The van der Waals surface area contributed by atoms with Crippen LogP contribution >= 0.6 is 11.3 Å². The van der Waals surface area contributed by atoms with Gasteiger partial charge in [-0.15, -0.1) is 11.3 Å². The molecule has 0 unspecified atom stereocenters. The van der Waals surface area contributed by atoms with Crippen LogP contribution in [0.3, 0.4) is 0 Å². The Morgan fingerprint density at radius 2 is 1.55 bits per heavy atom. The summed E-state index contributed by atoms with van der Waals surface area (Å²) in [7, 11) is 3.68. The molecule has 0 saturated carbocycles. The number of aromatic nitrogens is 1. The van der Waals surface area contributed by atoms with E-state index in [1.165, 1.54) is 13.8 Å². The number of ketones is 1. The number of amides is 5. The van der Waals surface area contributed by atoms with Crippen molar-refractivity contribution in [3.05, 3.63) is 45.9 Å². The van der Waals surface area contributed by atoms with Gasteiger partial charge in [-0.25, -0.2) is 9.78 Å². The summed E-state index contributed by atoms with van der Waals surface area (Å²) in [6.45, 7) is 23.7. The van der Waals surface area contributed by atoms with E-state index in [0.29, 0.717) is 17.1 Å². The van der Waals surface area contributed by atoms with E-state index in [-0.39, 0.29) is 60.8 Å². The van der Waals surface area contributed by atoms with E-state index in [1.54, 1.807) is 83.1 Å². The number of aliphatic carboxylic acids is 1. The lowest BCUT2D eigenvalue weighted by atomic mass is 9.80. The number of thiazole rings is 1. The lowest BCUT2D eigenvalue weighted by molar-refractivity contribution is -0.150. The van der Waals surface area contributed by atoms with Gasteiger partial charge in [-0.1, -0.05) is 67.0 Å². The molecule has 71 heavy (non-hydrogen) atoms.